The second-order valence-electron chi connectivity index (χ2n) is 8.24. The van der Waals surface area contributed by atoms with Crippen molar-refractivity contribution in [2.45, 2.75) is 25.0 Å². The van der Waals surface area contributed by atoms with Crippen LogP contribution in [0, 0.1) is 0 Å². The van der Waals surface area contributed by atoms with Gasteiger partial charge in [-0.15, -0.1) is 0 Å². The normalized spacial score (nSPS) is 11.4. The zero-order valence-electron chi connectivity index (χ0n) is 22.9. The number of primary amides is 1. The molecule has 2 rings (SSSR count). The Morgan fingerprint density at radius 1 is 0.850 bits per heavy atom. The van der Waals surface area contributed by atoms with E-state index in [0.717, 1.165) is 0 Å². The molecule has 0 aliphatic carbocycles. The number of hydrogen-bond acceptors (Lipinski definition) is 9. The molecule has 2 aromatic rings. The molecule has 0 fully saturated rings. The van der Waals surface area contributed by atoms with Crippen LogP contribution in [0.4, 0.5) is 4.79 Å². The van der Waals surface area contributed by atoms with E-state index in [2.05, 4.69) is 10.6 Å². The number of benzene rings is 2. The summed E-state index contributed by atoms with van der Waals surface area (Å²) >= 11 is 0. The summed E-state index contributed by atoms with van der Waals surface area (Å²) in [6.07, 6.45) is 1.55. The summed E-state index contributed by atoms with van der Waals surface area (Å²) in [6.45, 7) is 0.298. The van der Waals surface area contributed by atoms with Crippen LogP contribution in [-0.4, -0.2) is 63.6 Å². The molecule has 0 saturated carbocycles. The molecule has 0 bridgehead atoms. The largest absolute Gasteiger partial charge is 0.496 e. The Morgan fingerprint density at radius 3 is 2.10 bits per heavy atom. The third kappa shape index (κ3) is 10.5. The van der Waals surface area contributed by atoms with Gasteiger partial charge in [0.15, 0.2) is 11.5 Å². The number of nitrogens with two attached hydrogens (primary N) is 1. The highest BCUT2D eigenvalue weighted by atomic mass is 32.2. The highest BCUT2D eigenvalue weighted by Crippen LogP contribution is 2.35. The van der Waals surface area contributed by atoms with E-state index in [0.29, 0.717) is 40.5 Å². The van der Waals surface area contributed by atoms with E-state index in [9.17, 15) is 18.6 Å². The average molecular weight is 578 g/mol. The predicted molar refractivity (Wildman–Crippen MR) is 150 cm³/mol. The Kier molecular flexibility index (Phi) is 13.3. The molecule has 0 aromatic heterocycles. The summed E-state index contributed by atoms with van der Waals surface area (Å²) in [6, 6.07) is 8.30. The van der Waals surface area contributed by atoms with E-state index in [4.69, 9.17) is 29.4 Å². The molecule has 1 atom stereocenters. The first-order valence-electron chi connectivity index (χ1n) is 12.2. The SMILES string of the molecule is COc1cc(OC)c(/C=C/S(=O)Cc2ccc(OC)c(OC(=O)NCCNC(=O)CCCC(N)=O)c2)c(OC)c1. The molecular formula is C27H35N3O9S. The average Bonchev–Trinajstić information content (AvgIpc) is 2.93. The lowest BCUT2D eigenvalue weighted by molar-refractivity contribution is -0.121. The minimum atomic E-state index is -1.43. The highest BCUT2D eigenvalue weighted by Gasteiger charge is 2.14. The lowest BCUT2D eigenvalue weighted by Crippen LogP contribution is -2.36. The fraction of sp³-hybridized carbons (Fsp3) is 0.370. The number of rotatable bonds is 16. The monoisotopic (exact) mass is 577 g/mol. The molecule has 0 spiro atoms. The number of amides is 3. The summed E-state index contributed by atoms with van der Waals surface area (Å²) in [5, 5.41) is 6.68. The predicted octanol–water partition coefficient (Wildman–Crippen LogP) is 2.50. The van der Waals surface area contributed by atoms with Crippen LogP contribution in [0.5, 0.6) is 28.7 Å². The molecule has 2 aromatic carbocycles. The highest BCUT2D eigenvalue weighted by molar-refractivity contribution is 7.87. The Labute approximate surface area is 235 Å². The number of carbonyl (C=O) groups excluding carboxylic acids is 3. The van der Waals surface area contributed by atoms with Crippen molar-refractivity contribution >= 4 is 34.8 Å². The van der Waals surface area contributed by atoms with Gasteiger partial charge in [-0.3, -0.25) is 13.8 Å². The molecule has 218 valence electrons. The maximum absolute atomic E-state index is 12.8. The molecule has 12 nitrogen and oxygen atoms in total. The minimum Gasteiger partial charge on any atom is -0.496 e. The van der Waals surface area contributed by atoms with Crippen LogP contribution in [-0.2, 0) is 26.1 Å². The molecule has 3 amide bonds. The second-order valence-corrected chi connectivity index (χ2v) is 9.57. The van der Waals surface area contributed by atoms with Gasteiger partial charge in [0.2, 0.25) is 11.8 Å². The Bertz CT molecular complexity index is 1210. The van der Waals surface area contributed by atoms with Gasteiger partial charge in [0, 0.05) is 43.5 Å². The number of hydrogen-bond donors (Lipinski definition) is 3. The summed E-state index contributed by atoms with van der Waals surface area (Å²) < 4.78 is 39.5. The van der Waals surface area contributed by atoms with Gasteiger partial charge in [0.25, 0.3) is 0 Å². The summed E-state index contributed by atoms with van der Waals surface area (Å²) in [4.78, 5) is 34.7. The van der Waals surface area contributed by atoms with Gasteiger partial charge in [-0.05, 0) is 30.2 Å². The second kappa shape index (κ2) is 16.6. The van der Waals surface area contributed by atoms with E-state index >= 15 is 0 Å². The van der Waals surface area contributed by atoms with Gasteiger partial charge >= 0.3 is 6.09 Å². The van der Waals surface area contributed by atoms with Crippen molar-refractivity contribution in [3.63, 3.8) is 0 Å². The lowest BCUT2D eigenvalue weighted by Gasteiger charge is -2.13. The molecule has 0 heterocycles. The zero-order chi connectivity index (χ0) is 29.5. The first kappa shape index (κ1) is 32.0. The lowest BCUT2D eigenvalue weighted by atomic mass is 10.1. The van der Waals surface area contributed by atoms with Gasteiger partial charge in [-0.25, -0.2) is 4.79 Å². The van der Waals surface area contributed by atoms with Crippen LogP contribution >= 0.6 is 0 Å². The Hall–Kier alpha value is -4.26. The summed E-state index contributed by atoms with van der Waals surface area (Å²) in [7, 11) is 4.57. The van der Waals surface area contributed by atoms with Crippen molar-refractivity contribution in [1.82, 2.24) is 10.6 Å². The zero-order valence-corrected chi connectivity index (χ0v) is 23.8. The van der Waals surface area contributed by atoms with Crippen LogP contribution in [0.3, 0.4) is 0 Å². The minimum absolute atomic E-state index is 0.121. The van der Waals surface area contributed by atoms with Crippen molar-refractivity contribution in [2.75, 3.05) is 41.5 Å². The summed E-state index contributed by atoms with van der Waals surface area (Å²) in [5.74, 6) is 1.44. The quantitative estimate of drug-likeness (QED) is 0.254. The van der Waals surface area contributed by atoms with Crippen LogP contribution in [0.15, 0.2) is 35.7 Å². The Morgan fingerprint density at radius 2 is 1.50 bits per heavy atom. The third-order valence-electron chi connectivity index (χ3n) is 5.42. The first-order chi connectivity index (χ1) is 19.2. The van der Waals surface area contributed by atoms with Crippen molar-refractivity contribution in [2.24, 2.45) is 5.73 Å². The third-order valence-corrected chi connectivity index (χ3v) is 6.48. The van der Waals surface area contributed by atoms with E-state index in [-0.39, 0.29) is 43.3 Å². The molecule has 40 heavy (non-hydrogen) atoms. The van der Waals surface area contributed by atoms with Crippen LogP contribution in [0.25, 0.3) is 6.08 Å². The van der Waals surface area contributed by atoms with Gasteiger partial charge in [0.05, 0.1) is 50.6 Å². The molecule has 13 heteroatoms. The molecular weight excluding hydrogens is 542 g/mol. The smallest absolute Gasteiger partial charge is 0.412 e. The van der Waals surface area contributed by atoms with Crippen LogP contribution in [0.1, 0.15) is 30.4 Å². The summed E-state index contributed by atoms with van der Waals surface area (Å²) in [5.41, 5.74) is 6.29. The molecule has 1 unspecified atom stereocenters. The molecule has 0 aliphatic heterocycles. The standard InChI is InChI=1S/C27H35N3O9S/c1-35-19-15-22(37-3)20(23(16-19)38-4)10-13-40(34)17-18-8-9-21(36-2)24(14-18)39-27(33)30-12-11-29-26(32)7-5-6-25(28)31/h8-10,13-16H,5-7,11-12,17H2,1-4H3,(H2,28,31)(H,29,32)(H,30,33)/b13-10+. The van der Waals surface area contributed by atoms with E-state index < -0.39 is 22.8 Å². The van der Waals surface area contributed by atoms with Gasteiger partial charge < -0.3 is 40.1 Å². The fourth-order valence-corrected chi connectivity index (χ4v) is 4.35. The maximum Gasteiger partial charge on any atom is 0.412 e. The molecule has 0 aliphatic rings. The topological polar surface area (TPSA) is 165 Å². The van der Waals surface area contributed by atoms with Gasteiger partial charge in [-0.2, -0.15) is 0 Å². The van der Waals surface area contributed by atoms with Gasteiger partial charge in [-0.1, -0.05) is 6.07 Å². The maximum atomic E-state index is 12.8. The number of ether oxygens (including phenoxy) is 5. The number of nitrogens with one attached hydrogen (secondary N) is 2. The fourth-order valence-electron chi connectivity index (χ4n) is 3.46. The molecule has 0 saturated heterocycles. The van der Waals surface area contributed by atoms with Gasteiger partial charge in [0.1, 0.15) is 17.2 Å². The molecule has 4 N–H and O–H groups in total. The van der Waals surface area contributed by atoms with Crippen molar-refractivity contribution < 1.29 is 42.3 Å². The van der Waals surface area contributed by atoms with Crippen molar-refractivity contribution in [1.29, 1.82) is 0 Å². The van der Waals surface area contributed by atoms with Crippen molar-refractivity contribution in [3.05, 3.63) is 46.9 Å². The van der Waals surface area contributed by atoms with E-state index in [1.54, 1.807) is 36.4 Å². The van der Waals surface area contributed by atoms with E-state index in [1.165, 1.54) is 33.8 Å². The van der Waals surface area contributed by atoms with E-state index in [1.807, 2.05) is 0 Å². The Balaban J connectivity index is 1.97. The van der Waals surface area contributed by atoms with Crippen LogP contribution in [0.2, 0.25) is 0 Å². The van der Waals surface area contributed by atoms with Crippen LogP contribution < -0.4 is 40.1 Å². The number of carbonyl (C=O) groups is 3. The number of methoxy groups -OCH3 is 4. The molecule has 0 radical (unpaired) electrons. The first-order valence-corrected chi connectivity index (χ1v) is 13.6. The van der Waals surface area contributed by atoms with Crippen molar-refractivity contribution in [3.8, 4) is 28.7 Å².